The third-order valence-corrected chi connectivity index (χ3v) is 3.91. The molecule has 0 saturated carbocycles. The van der Waals surface area contributed by atoms with Crippen molar-refractivity contribution in [2.24, 2.45) is 5.73 Å². The first kappa shape index (κ1) is 16.7. The molecule has 0 unspecified atom stereocenters. The zero-order valence-electron chi connectivity index (χ0n) is 12.6. The number of rotatable bonds is 3. The minimum Gasteiger partial charge on any atom is -0.366 e. The summed E-state index contributed by atoms with van der Waals surface area (Å²) in [5, 5.41) is 0. The van der Waals surface area contributed by atoms with E-state index < -0.39 is 35.9 Å². The smallest absolute Gasteiger partial charge is 0.366 e. The Hall–Kier alpha value is -3.16. The highest BCUT2D eigenvalue weighted by molar-refractivity contribution is 6.52. The van der Waals surface area contributed by atoms with Crippen LogP contribution in [0.3, 0.4) is 0 Å². The predicted octanol–water partition coefficient (Wildman–Crippen LogP) is 2.53. The lowest BCUT2D eigenvalue weighted by atomic mass is 10.1. The van der Waals surface area contributed by atoms with Gasteiger partial charge in [-0.15, -0.1) is 0 Å². The quantitative estimate of drug-likeness (QED) is 0.866. The molecular weight excluding hydrogens is 337 g/mol. The zero-order valence-corrected chi connectivity index (χ0v) is 12.6. The fraction of sp³-hybridized carbons (Fsp3) is 0.118. The summed E-state index contributed by atoms with van der Waals surface area (Å²) in [6.07, 6.45) is -4.58. The van der Waals surface area contributed by atoms with Gasteiger partial charge in [0.05, 0.1) is 23.4 Å². The van der Waals surface area contributed by atoms with Crippen LogP contribution in [0, 0.1) is 0 Å². The summed E-state index contributed by atoms with van der Waals surface area (Å²) in [4.78, 5) is 36.4. The van der Waals surface area contributed by atoms with Crippen molar-refractivity contribution in [3.05, 3.63) is 64.7 Å². The topological polar surface area (TPSA) is 80.5 Å². The fourth-order valence-corrected chi connectivity index (χ4v) is 2.72. The van der Waals surface area contributed by atoms with Crippen LogP contribution in [0.15, 0.2) is 42.5 Å². The fourth-order valence-electron chi connectivity index (χ4n) is 2.72. The van der Waals surface area contributed by atoms with Gasteiger partial charge in [-0.1, -0.05) is 18.2 Å². The second kappa shape index (κ2) is 5.73. The van der Waals surface area contributed by atoms with Gasteiger partial charge in [0.15, 0.2) is 0 Å². The Bertz CT molecular complexity index is 906. The molecule has 1 aliphatic rings. The van der Waals surface area contributed by atoms with Crippen LogP contribution in [-0.2, 0) is 17.5 Å². The first-order valence-electron chi connectivity index (χ1n) is 7.15. The Morgan fingerprint density at radius 3 is 2.40 bits per heavy atom. The number of nitrogens with zero attached hydrogens (tertiary/aromatic N) is 1. The molecule has 0 saturated heterocycles. The maximum Gasteiger partial charge on any atom is 0.416 e. The van der Waals surface area contributed by atoms with E-state index in [0.29, 0.717) is 0 Å². The lowest BCUT2D eigenvalue weighted by Gasteiger charge is -2.20. The highest BCUT2D eigenvalue weighted by Gasteiger charge is 2.38. The van der Waals surface area contributed by atoms with E-state index in [0.717, 1.165) is 11.0 Å². The lowest BCUT2D eigenvalue weighted by Crippen LogP contribution is -2.30. The van der Waals surface area contributed by atoms with E-state index in [-0.39, 0.29) is 22.4 Å². The van der Waals surface area contributed by atoms with Crippen molar-refractivity contribution in [1.29, 1.82) is 0 Å². The molecule has 0 spiro atoms. The number of ketones is 1. The van der Waals surface area contributed by atoms with Crippen molar-refractivity contribution in [1.82, 2.24) is 0 Å². The third kappa shape index (κ3) is 2.86. The summed E-state index contributed by atoms with van der Waals surface area (Å²) in [7, 11) is 0. The number of primary amides is 1. The number of benzene rings is 2. The Morgan fingerprint density at radius 2 is 1.76 bits per heavy atom. The molecule has 0 atom stereocenters. The average Bonchev–Trinajstić information content (AvgIpc) is 2.79. The van der Waals surface area contributed by atoms with Crippen LogP contribution in [0.25, 0.3) is 0 Å². The highest BCUT2D eigenvalue weighted by atomic mass is 19.4. The molecule has 3 rings (SSSR count). The molecule has 2 aromatic rings. The number of carbonyl (C=O) groups excluding carboxylic acids is 3. The maximum atomic E-state index is 13.1. The van der Waals surface area contributed by atoms with E-state index in [1.807, 2.05) is 0 Å². The van der Waals surface area contributed by atoms with Gasteiger partial charge < -0.3 is 10.6 Å². The zero-order chi connectivity index (χ0) is 18.4. The monoisotopic (exact) mass is 348 g/mol. The van der Waals surface area contributed by atoms with Crippen LogP contribution >= 0.6 is 0 Å². The van der Waals surface area contributed by atoms with Gasteiger partial charge in [0, 0.05) is 5.56 Å². The lowest BCUT2D eigenvalue weighted by molar-refractivity contribution is -0.138. The third-order valence-electron chi connectivity index (χ3n) is 3.91. The summed E-state index contributed by atoms with van der Waals surface area (Å²) >= 11 is 0. The molecule has 0 fully saturated rings. The van der Waals surface area contributed by atoms with Gasteiger partial charge in [-0.2, -0.15) is 13.2 Å². The summed E-state index contributed by atoms with van der Waals surface area (Å²) < 4.78 is 39.3. The molecule has 0 aliphatic carbocycles. The molecule has 2 amide bonds. The van der Waals surface area contributed by atoms with E-state index >= 15 is 0 Å². The first-order chi connectivity index (χ1) is 11.7. The molecule has 5 nitrogen and oxygen atoms in total. The Labute approximate surface area is 139 Å². The maximum absolute atomic E-state index is 13.1. The number of anilines is 1. The molecule has 1 aliphatic heterocycles. The summed E-state index contributed by atoms with van der Waals surface area (Å²) in [5.74, 6) is -2.61. The Kier molecular flexibility index (Phi) is 3.82. The van der Waals surface area contributed by atoms with E-state index in [1.54, 1.807) is 0 Å². The normalized spacial score (nSPS) is 14.0. The van der Waals surface area contributed by atoms with Crippen molar-refractivity contribution in [3.8, 4) is 0 Å². The Morgan fingerprint density at radius 1 is 1.08 bits per heavy atom. The van der Waals surface area contributed by atoms with Crippen molar-refractivity contribution in [3.63, 3.8) is 0 Å². The standard InChI is InChI=1S/C17H11F3N2O3/c18-17(19,20)12-4-2-1-3-10(12)8-22-13-6-5-9(15(21)24)7-11(13)14(23)16(22)25/h1-7H,8H2,(H2,21,24). The minimum absolute atomic E-state index is 0.0393. The second-order valence-corrected chi connectivity index (χ2v) is 5.47. The van der Waals surface area contributed by atoms with Crippen molar-refractivity contribution in [2.45, 2.75) is 12.7 Å². The van der Waals surface area contributed by atoms with Crippen LogP contribution in [0.5, 0.6) is 0 Å². The number of Topliss-reactive ketones (excluding diaryl/α,β-unsaturated/α-hetero) is 1. The predicted molar refractivity (Wildman–Crippen MR) is 81.9 cm³/mol. The Balaban J connectivity index is 2.03. The van der Waals surface area contributed by atoms with Crippen LogP contribution in [-0.4, -0.2) is 17.6 Å². The van der Waals surface area contributed by atoms with E-state index in [1.165, 1.54) is 36.4 Å². The van der Waals surface area contributed by atoms with Crippen LogP contribution in [0.2, 0.25) is 0 Å². The number of amides is 2. The largest absolute Gasteiger partial charge is 0.416 e. The van der Waals surface area contributed by atoms with Crippen LogP contribution in [0.4, 0.5) is 18.9 Å². The van der Waals surface area contributed by atoms with Crippen molar-refractivity contribution in [2.75, 3.05) is 4.90 Å². The van der Waals surface area contributed by atoms with Gasteiger partial charge in [0.1, 0.15) is 0 Å². The molecule has 0 bridgehead atoms. The molecule has 2 aromatic carbocycles. The van der Waals surface area contributed by atoms with Gasteiger partial charge in [-0.25, -0.2) is 0 Å². The SMILES string of the molecule is NC(=O)c1ccc2c(c1)C(=O)C(=O)N2Cc1ccccc1C(F)(F)F. The number of hydrogen-bond donors (Lipinski definition) is 1. The number of fused-ring (bicyclic) bond motifs is 1. The van der Waals surface area contributed by atoms with Crippen LogP contribution < -0.4 is 10.6 Å². The van der Waals surface area contributed by atoms with Crippen molar-refractivity contribution < 1.29 is 27.6 Å². The number of halogens is 3. The molecule has 8 heteroatoms. The van der Waals surface area contributed by atoms with Crippen LogP contribution in [0.1, 0.15) is 31.8 Å². The number of carbonyl (C=O) groups is 3. The van der Waals surface area contributed by atoms with Gasteiger partial charge in [0.25, 0.3) is 11.7 Å². The molecule has 0 aromatic heterocycles. The van der Waals surface area contributed by atoms with Gasteiger partial charge >= 0.3 is 6.18 Å². The summed E-state index contributed by atoms with van der Waals surface area (Å²) in [6.45, 7) is -0.414. The molecule has 128 valence electrons. The van der Waals surface area contributed by atoms with E-state index in [4.69, 9.17) is 5.73 Å². The van der Waals surface area contributed by atoms with Gasteiger partial charge in [-0.05, 0) is 29.8 Å². The molecule has 2 N–H and O–H groups in total. The summed E-state index contributed by atoms with van der Waals surface area (Å²) in [6, 6.07) is 8.64. The number of alkyl halides is 3. The number of hydrogen-bond acceptors (Lipinski definition) is 3. The van der Waals surface area contributed by atoms with Crippen molar-refractivity contribution >= 4 is 23.3 Å². The first-order valence-corrected chi connectivity index (χ1v) is 7.15. The van der Waals surface area contributed by atoms with Gasteiger partial charge in [-0.3, -0.25) is 14.4 Å². The average molecular weight is 348 g/mol. The molecule has 25 heavy (non-hydrogen) atoms. The van der Waals surface area contributed by atoms with E-state index in [2.05, 4.69) is 0 Å². The summed E-state index contributed by atoms with van der Waals surface area (Å²) in [5.41, 5.74) is 4.27. The number of nitrogens with two attached hydrogens (primary N) is 1. The van der Waals surface area contributed by atoms with E-state index in [9.17, 15) is 27.6 Å². The second-order valence-electron chi connectivity index (χ2n) is 5.47. The molecule has 1 heterocycles. The highest BCUT2D eigenvalue weighted by Crippen LogP contribution is 2.35. The minimum atomic E-state index is -4.58. The molecular formula is C17H11F3N2O3. The van der Waals surface area contributed by atoms with Gasteiger partial charge in [0.2, 0.25) is 5.91 Å². The molecule has 0 radical (unpaired) electrons.